The number of hydrogen-bond donors (Lipinski definition) is 0. The summed E-state index contributed by atoms with van der Waals surface area (Å²) < 4.78 is 0. The summed E-state index contributed by atoms with van der Waals surface area (Å²) >= 11 is 0. The molecule has 0 fully saturated rings. The summed E-state index contributed by atoms with van der Waals surface area (Å²) in [6, 6.07) is 106. The molecular weight excluding hydrogens is 915 g/mol. The number of fused-ring (bicyclic) bond motifs is 4. The Labute approximate surface area is 444 Å². The van der Waals surface area contributed by atoms with Crippen molar-refractivity contribution in [3.8, 4) is 22.3 Å². The van der Waals surface area contributed by atoms with E-state index in [4.69, 9.17) is 0 Å². The van der Waals surface area contributed by atoms with Crippen molar-refractivity contribution in [3.63, 3.8) is 0 Å². The summed E-state index contributed by atoms with van der Waals surface area (Å²) in [6.07, 6.45) is 4.34. The average Bonchev–Trinajstić information content (AvgIpc) is 3.59. The molecule has 0 spiro atoms. The van der Waals surface area contributed by atoms with Crippen LogP contribution in [0.2, 0.25) is 0 Å². The van der Waals surface area contributed by atoms with Gasteiger partial charge in [-0.05, 0) is 176 Å². The highest BCUT2D eigenvalue weighted by molar-refractivity contribution is 6.22. The van der Waals surface area contributed by atoms with Crippen molar-refractivity contribution in [3.05, 3.63) is 329 Å². The molecule has 0 aliphatic carbocycles. The molecule has 0 unspecified atom stereocenters. The first-order valence-corrected chi connectivity index (χ1v) is 26.2. The van der Waals surface area contributed by atoms with Crippen LogP contribution in [0.25, 0.3) is 88.6 Å². The monoisotopic (exact) mass is 967 g/mol. The molecule has 0 amide bonds. The fourth-order valence-corrected chi connectivity index (χ4v) is 11.3. The fourth-order valence-electron chi connectivity index (χ4n) is 11.3. The van der Waals surface area contributed by atoms with E-state index < -0.39 is 0 Å². The third-order valence-corrected chi connectivity index (χ3v) is 15.0. The lowest BCUT2D eigenvalue weighted by Crippen LogP contribution is -2.29. The summed E-state index contributed by atoms with van der Waals surface area (Å²) in [6.45, 7) is 2.27. The van der Waals surface area contributed by atoms with E-state index in [-0.39, 0.29) is 0 Å². The minimum absolute atomic E-state index is 1.09. The zero-order valence-electron chi connectivity index (χ0n) is 42.3. The minimum Gasteiger partial charge on any atom is -0.311 e. The van der Waals surface area contributed by atoms with E-state index in [2.05, 4.69) is 309 Å². The summed E-state index contributed by atoms with van der Waals surface area (Å²) in [4.78, 5) is 2.33. The zero-order valence-corrected chi connectivity index (χ0v) is 42.3. The Balaban J connectivity index is 0.991. The van der Waals surface area contributed by atoms with Crippen LogP contribution in [-0.2, 0) is 0 Å². The summed E-state index contributed by atoms with van der Waals surface area (Å²) in [5.74, 6) is 0. The Hall–Kier alpha value is -9.82. The molecule has 0 radical (unpaired) electrons. The minimum atomic E-state index is 1.09. The van der Waals surface area contributed by atoms with Gasteiger partial charge in [-0.25, -0.2) is 0 Å². The van der Waals surface area contributed by atoms with Crippen molar-refractivity contribution in [1.29, 1.82) is 0 Å². The van der Waals surface area contributed by atoms with Gasteiger partial charge in [0.2, 0.25) is 0 Å². The number of para-hydroxylation sites is 1. The van der Waals surface area contributed by atoms with E-state index in [1.165, 1.54) is 104 Å². The quantitative estimate of drug-likeness (QED) is 0.0975. The van der Waals surface area contributed by atoms with Gasteiger partial charge in [-0.15, -0.1) is 0 Å². The SMILES string of the molecule is C/C(c1ccc(N(c2ccccc2)c2ccc(/C=C/c3ccccc3)cc2)cc1)=c1/cccc/c1=C(/c1ccccc1)c1ccc2c(-c3ccc4ccccc4c3)c3ccccc3c(-c3ccc4ccccc4c3)c2c1. The lowest BCUT2D eigenvalue weighted by molar-refractivity contribution is 1.28. The predicted octanol–water partition coefficient (Wildman–Crippen LogP) is 18.7. The summed E-state index contributed by atoms with van der Waals surface area (Å²) in [7, 11) is 0. The van der Waals surface area contributed by atoms with Gasteiger partial charge in [0.15, 0.2) is 0 Å². The van der Waals surface area contributed by atoms with Crippen molar-refractivity contribution in [1.82, 2.24) is 0 Å². The molecule has 0 N–H and O–H groups in total. The molecule has 358 valence electrons. The van der Waals surface area contributed by atoms with E-state index in [1.807, 2.05) is 6.07 Å². The third kappa shape index (κ3) is 8.85. The highest BCUT2D eigenvalue weighted by atomic mass is 15.1. The van der Waals surface area contributed by atoms with E-state index in [1.54, 1.807) is 0 Å². The maximum Gasteiger partial charge on any atom is 0.0462 e. The molecule has 0 aliphatic rings. The first kappa shape index (κ1) is 46.0. The standard InChI is InChI=1S/C75H53N/c1-52(55-41-46-66(47-42-55)76(64-27-9-4-10-28-64)65-44-35-54(36-45-65)34-33-53-19-5-2-6-20-53)67-29-15-16-30-68(67)73(58-23-7-3-8-24-58)63-43-48-71-72(51-63)75(62-40-38-57-22-12-14-26-60(57)50-62)70-32-18-17-31-69(70)74(71)61-39-37-56-21-11-13-25-59(56)49-61/h2-51H,1H3/b34-33+,67-52+,73-68+. The zero-order chi connectivity index (χ0) is 50.8. The van der Waals surface area contributed by atoms with Gasteiger partial charge in [0.25, 0.3) is 0 Å². The Bertz CT molecular complexity index is 4420. The highest BCUT2D eigenvalue weighted by Crippen LogP contribution is 2.46. The lowest BCUT2D eigenvalue weighted by Gasteiger charge is -2.25. The molecular formula is C75H53N. The van der Waals surface area contributed by atoms with Gasteiger partial charge in [0.1, 0.15) is 0 Å². The van der Waals surface area contributed by atoms with Crippen molar-refractivity contribution in [2.24, 2.45) is 0 Å². The van der Waals surface area contributed by atoms with Crippen molar-refractivity contribution < 1.29 is 0 Å². The molecule has 1 nitrogen and oxygen atoms in total. The van der Waals surface area contributed by atoms with Gasteiger partial charge in [-0.1, -0.05) is 249 Å². The molecule has 0 aliphatic heterocycles. The molecule has 0 saturated carbocycles. The molecule has 0 bridgehead atoms. The van der Waals surface area contributed by atoms with Crippen LogP contribution < -0.4 is 15.3 Å². The number of hydrogen-bond acceptors (Lipinski definition) is 1. The van der Waals surface area contributed by atoms with Crippen LogP contribution in [0.5, 0.6) is 0 Å². The molecule has 0 heterocycles. The molecule has 1 heteroatoms. The van der Waals surface area contributed by atoms with Gasteiger partial charge in [0.05, 0.1) is 0 Å². The molecule has 13 aromatic rings. The largest absolute Gasteiger partial charge is 0.311 e. The molecule has 13 rings (SSSR count). The lowest BCUT2D eigenvalue weighted by atomic mass is 9.83. The van der Waals surface area contributed by atoms with E-state index >= 15 is 0 Å². The smallest absolute Gasteiger partial charge is 0.0462 e. The van der Waals surface area contributed by atoms with E-state index in [0.717, 1.165) is 28.2 Å². The first-order chi connectivity index (χ1) is 37.6. The van der Waals surface area contributed by atoms with E-state index in [0.29, 0.717) is 0 Å². The molecule has 0 saturated heterocycles. The third-order valence-electron chi connectivity index (χ3n) is 15.0. The van der Waals surface area contributed by atoms with Gasteiger partial charge < -0.3 is 4.90 Å². The van der Waals surface area contributed by atoms with Gasteiger partial charge in [0, 0.05) is 17.1 Å². The highest BCUT2D eigenvalue weighted by Gasteiger charge is 2.20. The molecule has 13 aromatic carbocycles. The fraction of sp³-hybridized carbons (Fsp3) is 0.0133. The van der Waals surface area contributed by atoms with Crippen LogP contribution in [-0.4, -0.2) is 0 Å². The Kier molecular flexibility index (Phi) is 12.2. The van der Waals surface area contributed by atoms with Gasteiger partial charge in [-0.2, -0.15) is 0 Å². The topological polar surface area (TPSA) is 3.24 Å². The van der Waals surface area contributed by atoms with Crippen LogP contribution in [0.1, 0.15) is 34.7 Å². The Morgan fingerprint density at radius 1 is 0.289 bits per heavy atom. The second-order valence-corrected chi connectivity index (χ2v) is 19.6. The normalized spacial score (nSPS) is 12.4. The maximum atomic E-state index is 2.48. The van der Waals surface area contributed by atoms with Crippen molar-refractivity contribution in [2.75, 3.05) is 4.90 Å². The Morgan fingerprint density at radius 2 is 0.724 bits per heavy atom. The summed E-state index contributed by atoms with van der Waals surface area (Å²) in [5.41, 5.74) is 16.4. The Morgan fingerprint density at radius 3 is 1.33 bits per heavy atom. The average molecular weight is 968 g/mol. The number of nitrogens with zero attached hydrogens (tertiary/aromatic N) is 1. The van der Waals surface area contributed by atoms with Crippen LogP contribution in [0.3, 0.4) is 0 Å². The molecule has 76 heavy (non-hydrogen) atoms. The molecule has 0 atom stereocenters. The van der Waals surface area contributed by atoms with Crippen LogP contribution in [0.15, 0.2) is 291 Å². The van der Waals surface area contributed by atoms with Crippen molar-refractivity contribution in [2.45, 2.75) is 6.92 Å². The second kappa shape index (κ2) is 20.2. The number of rotatable bonds is 10. The maximum absolute atomic E-state index is 2.48. The molecule has 0 aromatic heterocycles. The predicted molar refractivity (Wildman–Crippen MR) is 326 cm³/mol. The number of benzene rings is 13. The van der Waals surface area contributed by atoms with Crippen LogP contribution >= 0.6 is 0 Å². The van der Waals surface area contributed by atoms with Gasteiger partial charge in [-0.3, -0.25) is 0 Å². The first-order valence-electron chi connectivity index (χ1n) is 26.2. The van der Waals surface area contributed by atoms with Crippen LogP contribution in [0.4, 0.5) is 17.1 Å². The summed E-state index contributed by atoms with van der Waals surface area (Å²) in [5, 5.41) is 12.2. The van der Waals surface area contributed by atoms with E-state index in [9.17, 15) is 0 Å². The van der Waals surface area contributed by atoms with Crippen LogP contribution in [0, 0.1) is 0 Å². The second-order valence-electron chi connectivity index (χ2n) is 19.6. The number of anilines is 3. The van der Waals surface area contributed by atoms with Gasteiger partial charge >= 0.3 is 0 Å². The van der Waals surface area contributed by atoms with Crippen molar-refractivity contribution >= 4 is 83.5 Å².